The Morgan fingerprint density at radius 1 is 1.26 bits per heavy atom. The first kappa shape index (κ1) is 16.7. The third kappa shape index (κ3) is 2.87. The molecule has 1 saturated heterocycles. The van der Waals surface area contributed by atoms with Crippen LogP contribution in [0, 0.1) is 17.4 Å². The standard InChI is InChI=1S/C17H21IN4S/c1-9(2)22-16(13-10(3)20-11(4)14(13)18)15(21-17(22)23)12-7-5-6-8-19-12/h5-9,15-16,20H,1-4H3,(H,21,23)/t15-,16-/m0/s1. The molecule has 0 amide bonds. The molecule has 0 saturated carbocycles. The average Bonchev–Trinajstić information content (AvgIpc) is 2.97. The Morgan fingerprint density at radius 2 is 2.00 bits per heavy atom. The fourth-order valence-corrected chi connectivity index (χ4v) is 4.66. The van der Waals surface area contributed by atoms with Crippen molar-refractivity contribution in [2.45, 2.75) is 45.8 Å². The second-order valence-corrected chi connectivity index (χ2v) is 7.70. The number of aromatic amines is 1. The van der Waals surface area contributed by atoms with E-state index in [9.17, 15) is 0 Å². The molecule has 0 unspecified atom stereocenters. The summed E-state index contributed by atoms with van der Waals surface area (Å²) in [5, 5.41) is 4.29. The van der Waals surface area contributed by atoms with Gasteiger partial charge < -0.3 is 15.2 Å². The number of rotatable bonds is 3. The van der Waals surface area contributed by atoms with Gasteiger partial charge in [0.05, 0.1) is 17.8 Å². The number of hydrogen-bond donors (Lipinski definition) is 2. The van der Waals surface area contributed by atoms with Gasteiger partial charge in [0.1, 0.15) is 0 Å². The van der Waals surface area contributed by atoms with Crippen LogP contribution in [0.25, 0.3) is 0 Å². The quantitative estimate of drug-likeness (QED) is 0.559. The summed E-state index contributed by atoms with van der Waals surface area (Å²) in [5.74, 6) is 0. The van der Waals surface area contributed by atoms with Crippen LogP contribution >= 0.6 is 34.8 Å². The van der Waals surface area contributed by atoms with Gasteiger partial charge in [0.2, 0.25) is 0 Å². The fraction of sp³-hybridized carbons (Fsp3) is 0.412. The third-order valence-electron chi connectivity index (χ3n) is 4.33. The Labute approximate surface area is 156 Å². The van der Waals surface area contributed by atoms with Gasteiger partial charge in [0.15, 0.2) is 5.11 Å². The summed E-state index contributed by atoms with van der Waals surface area (Å²) >= 11 is 8.07. The molecule has 0 aliphatic carbocycles. The molecule has 0 radical (unpaired) electrons. The SMILES string of the molecule is Cc1[nH]c(C)c([C@H]2[C@H](c3ccccn3)NC(=S)N2C(C)C)c1I. The van der Waals surface area contributed by atoms with Crippen LogP contribution in [0.3, 0.4) is 0 Å². The molecule has 1 aliphatic heterocycles. The van der Waals surface area contributed by atoms with E-state index in [0.29, 0.717) is 6.04 Å². The zero-order valence-corrected chi connectivity index (χ0v) is 16.7. The van der Waals surface area contributed by atoms with Gasteiger partial charge in [-0.3, -0.25) is 4.98 Å². The van der Waals surface area contributed by atoms with Crippen molar-refractivity contribution in [2.75, 3.05) is 0 Å². The van der Waals surface area contributed by atoms with Crippen molar-refractivity contribution < 1.29 is 0 Å². The highest BCUT2D eigenvalue weighted by molar-refractivity contribution is 14.1. The van der Waals surface area contributed by atoms with Gasteiger partial charge in [-0.05, 0) is 74.6 Å². The molecule has 2 N–H and O–H groups in total. The van der Waals surface area contributed by atoms with Crippen LogP contribution in [0.5, 0.6) is 0 Å². The van der Waals surface area contributed by atoms with Crippen molar-refractivity contribution in [3.05, 3.63) is 50.6 Å². The molecule has 122 valence electrons. The van der Waals surface area contributed by atoms with E-state index in [1.165, 1.54) is 20.5 Å². The normalized spacial score (nSPS) is 21.1. The highest BCUT2D eigenvalue weighted by atomic mass is 127. The van der Waals surface area contributed by atoms with Crippen LogP contribution in [0.15, 0.2) is 24.4 Å². The van der Waals surface area contributed by atoms with Crippen molar-refractivity contribution in [1.29, 1.82) is 0 Å². The molecule has 2 aromatic rings. The summed E-state index contributed by atoms with van der Waals surface area (Å²) in [7, 11) is 0. The molecule has 6 heteroatoms. The number of aromatic nitrogens is 2. The van der Waals surface area contributed by atoms with Gasteiger partial charge in [-0.25, -0.2) is 0 Å². The lowest BCUT2D eigenvalue weighted by Gasteiger charge is -2.31. The lowest BCUT2D eigenvalue weighted by atomic mass is 9.96. The minimum absolute atomic E-state index is 0.0634. The maximum Gasteiger partial charge on any atom is 0.170 e. The molecule has 1 aliphatic rings. The summed E-state index contributed by atoms with van der Waals surface area (Å²) in [6, 6.07) is 6.57. The van der Waals surface area contributed by atoms with Crippen LogP contribution in [-0.2, 0) is 0 Å². The number of nitrogens with zero attached hydrogens (tertiary/aromatic N) is 2. The molecule has 0 aromatic carbocycles. The third-order valence-corrected chi connectivity index (χ3v) is 6.05. The molecule has 3 rings (SSSR count). The van der Waals surface area contributed by atoms with E-state index < -0.39 is 0 Å². The van der Waals surface area contributed by atoms with Gasteiger partial charge in [0, 0.05) is 32.8 Å². The number of halogens is 1. The minimum atomic E-state index is 0.0634. The Hall–Kier alpha value is -1.15. The number of aryl methyl sites for hydroxylation is 2. The number of thiocarbonyl (C=S) groups is 1. The monoisotopic (exact) mass is 440 g/mol. The summed E-state index contributed by atoms with van der Waals surface area (Å²) in [6.45, 7) is 8.63. The van der Waals surface area contributed by atoms with Gasteiger partial charge >= 0.3 is 0 Å². The van der Waals surface area contributed by atoms with Gasteiger partial charge in [-0.1, -0.05) is 6.07 Å². The van der Waals surface area contributed by atoms with Crippen LogP contribution in [-0.4, -0.2) is 26.0 Å². The fourth-order valence-electron chi connectivity index (χ4n) is 3.35. The van der Waals surface area contributed by atoms with E-state index in [0.717, 1.165) is 10.8 Å². The topological polar surface area (TPSA) is 44.0 Å². The maximum atomic E-state index is 5.64. The smallest absolute Gasteiger partial charge is 0.170 e. The predicted octanol–water partition coefficient (Wildman–Crippen LogP) is 4.01. The number of nitrogens with one attached hydrogen (secondary N) is 2. The molecule has 2 atom stereocenters. The Balaban J connectivity index is 2.15. The molecule has 4 nitrogen and oxygen atoms in total. The first-order chi connectivity index (χ1) is 10.9. The van der Waals surface area contributed by atoms with Crippen LogP contribution in [0.2, 0.25) is 0 Å². The molecular weight excluding hydrogens is 419 g/mol. The molecule has 1 fully saturated rings. The molecule has 0 spiro atoms. The molecular formula is C17H21IN4S. The largest absolute Gasteiger partial charge is 0.362 e. The molecule has 3 heterocycles. The van der Waals surface area contributed by atoms with Crippen LogP contribution in [0.4, 0.5) is 0 Å². The predicted molar refractivity (Wildman–Crippen MR) is 105 cm³/mol. The molecule has 0 bridgehead atoms. The van der Waals surface area contributed by atoms with Gasteiger partial charge in [-0.15, -0.1) is 0 Å². The highest BCUT2D eigenvalue weighted by Crippen LogP contribution is 2.43. The maximum absolute atomic E-state index is 5.64. The minimum Gasteiger partial charge on any atom is -0.362 e. The van der Waals surface area contributed by atoms with Crippen LogP contribution < -0.4 is 5.32 Å². The Kier molecular flexibility index (Phi) is 4.64. The Morgan fingerprint density at radius 3 is 2.52 bits per heavy atom. The summed E-state index contributed by atoms with van der Waals surface area (Å²) in [6.07, 6.45) is 1.84. The van der Waals surface area contributed by atoms with E-state index in [4.69, 9.17) is 12.2 Å². The first-order valence-electron chi connectivity index (χ1n) is 7.76. The number of H-pyrrole nitrogens is 1. The zero-order valence-electron chi connectivity index (χ0n) is 13.7. The van der Waals surface area contributed by atoms with E-state index in [1.54, 1.807) is 0 Å². The summed E-state index contributed by atoms with van der Waals surface area (Å²) in [4.78, 5) is 10.3. The lowest BCUT2D eigenvalue weighted by molar-refractivity contribution is 0.268. The van der Waals surface area contributed by atoms with Crippen molar-refractivity contribution in [3.63, 3.8) is 0 Å². The van der Waals surface area contributed by atoms with E-state index in [-0.39, 0.29) is 12.1 Å². The van der Waals surface area contributed by atoms with Crippen LogP contribution in [0.1, 0.15) is 48.6 Å². The molecule has 23 heavy (non-hydrogen) atoms. The lowest BCUT2D eigenvalue weighted by Crippen LogP contribution is -2.35. The average molecular weight is 440 g/mol. The van der Waals surface area contributed by atoms with E-state index in [2.05, 4.69) is 76.5 Å². The second-order valence-electron chi connectivity index (χ2n) is 6.23. The van der Waals surface area contributed by atoms with Gasteiger partial charge in [0.25, 0.3) is 0 Å². The van der Waals surface area contributed by atoms with Crippen molar-refractivity contribution in [1.82, 2.24) is 20.2 Å². The van der Waals surface area contributed by atoms with Crippen molar-refractivity contribution >= 4 is 39.9 Å². The van der Waals surface area contributed by atoms with Crippen molar-refractivity contribution in [2.24, 2.45) is 0 Å². The first-order valence-corrected chi connectivity index (χ1v) is 9.24. The number of hydrogen-bond acceptors (Lipinski definition) is 2. The van der Waals surface area contributed by atoms with E-state index in [1.807, 2.05) is 18.3 Å². The Bertz CT molecular complexity index is 726. The summed E-state index contributed by atoms with van der Waals surface area (Å²) in [5.41, 5.74) is 4.76. The zero-order chi connectivity index (χ0) is 16.7. The highest BCUT2D eigenvalue weighted by Gasteiger charge is 2.43. The second kappa shape index (κ2) is 6.39. The van der Waals surface area contributed by atoms with E-state index >= 15 is 0 Å². The summed E-state index contributed by atoms with van der Waals surface area (Å²) < 4.78 is 1.28. The number of pyridine rings is 1. The van der Waals surface area contributed by atoms with Crippen molar-refractivity contribution in [3.8, 4) is 0 Å². The molecule has 2 aromatic heterocycles. The van der Waals surface area contributed by atoms with Gasteiger partial charge in [-0.2, -0.15) is 0 Å².